The predicted octanol–water partition coefficient (Wildman–Crippen LogP) is 4.83. The number of hydrogen-bond acceptors (Lipinski definition) is 6. The lowest BCUT2D eigenvalue weighted by atomic mass is 9.88. The van der Waals surface area contributed by atoms with Crippen LogP contribution in [0.25, 0.3) is 0 Å². The van der Waals surface area contributed by atoms with E-state index in [4.69, 9.17) is 9.47 Å². The number of carbonyl (C=O) groups excluding carboxylic acids is 3. The number of carbonyl (C=O) groups is 3. The molecule has 37 heavy (non-hydrogen) atoms. The average Bonchev–Trinajstić information content (AvgIpc) is 2.85. The third-order valence-electron chi connectivity index (χ3n) is 7.59. The lowest BCUT2D eigenvalue weighted by Gasteiger charge is -2.27. The number of unbranched alkanes of at least 4 members (excludes halogenated alkanes) is 1. The molecule has 0 bridgehead atoms. The quantitative estimate of drug-likeness (QED) is 0.353. The fraction of sp³-hybridized carbons (Fsp3) is 0.724. The van der Waals surface area contributed by atoms with Crippen molar-refractivity contribution < 1.29 is 23.9 Å². The number of nitrogens with zero attached hydrogens (tertiary/aromatic N) is 1. The molecule has 0 aliphatic heterocycles. The highest BCUT2D eigenvalue weighted by Crippen LogP contribution is 2.27. The van der Waals surface area contributed by atoms with Gasteiger partial charge in [0, 0.05) is 18.7 Å². The Labute approximate surface area is 220 Å². The number of fused-ring (bicyclic) bond motifs is 1. The van der Waals surface area contributed by atoms with Crippen LogP contribution in [-0.2, 0) is 38.4 Å². The van der Waals surface area contributed by atoms with E-state index in [1.54, 1.807) is 6.07 Å². The first kappa shape index (κ1) is 28.9. The Kier molecular flexibility index (Phi) is 10.8. The van der Waals surface area contributed by atoms with Gasteiger partial charge >= 0.3 is 11.9 Å². The van der Waals surface area contributed by atoms with Crippen molar-refractivity contribution in [2.45, 2.75) is 123 Å². The van der Waals surface area contributed by atoms with E-state index in [9.17, 15) is 19.2 Å². The number of aromatic nitrogens is 1. The first-order valence-electron chi connectivity index (χ1n) is 14.1. The third-order valence-corrected chi connectivity index (χ3v) is 7.59. The average molecular weight is 517 g/mol. The first-order valence-corrected chi connectivity index (χ1v) is 14.1. The number of aryl methyl sites for hydroxylation is 1. The molecule has 0 spiro atoms. The Bertz CT molecular complexity index is 1010. The molecular weight excluding hydrogens is 472 g/mol. The maximum absolute atomic E-state index is 13.7. The zero-order valence-corrected chi connectivity index (χ0v) is 22.9. The monoisotopic (exact) mass is 516 g/mol. The predicted molar refractivity (Wildman–Crippen MR) is 141 cm³/mol. The maximum Gasteiger partial charge on any atom is 0.334 e. The summed E-state index contributed by atoms with van der Waals surface area (Å²) in [7, 11) is 0. The van der Waals surface area contributed by atoms with Gasteiger partial charge in [0.2, 0.25) is 6.79 Å². The van der Waals surface area contributed by atoms with Crippen LogP contribution in [-0.4, -0.2) is 34.7 Å². The van der Waals surface area contributed by atoms with E-state index in [0.717, 1.165) is 69.0 Å². The zero-order valence-electron chi connectivity index (χ0n) is 22.9. The number of hydrogen-bond donors (Lipinski definition) is 1. The highest BCUT2D eigenvalue weighted by Gasteiger charge is 2.33. The normalized spacial score (nSPS) is 16.7. The molecule has 8 nitrogen and oxygen atoms in total. The van der Waals surface area contributed by atoms with Crippen molar-refractivity contribution in [3.05, 3.63) is 33.2 Å². The molecule has 1 fully saturated rings. The minimum Gasteiger partial charge on any atom is -0.428 e. The van der Waals surface area contributed by atoms with Crippen LogP contribution in [0, 0.1) is 5.92 Å². The number of rotatable bonds is 10. The van der Waals surface area contributed by atoms with Crippen LogP contribution in [0.3, 0.4) is 0 Å². The van der Waals surface area contributed by atoms with Gasteiger partial charge in [-0.05, 0) is 76.3 Å². The molecule has 3 rings (SSSR count). The van der Waals surface area contributed by atoms with E-state index < -0.39 is 30.2 Å². The second-order valence-corrected chi connectivity index (χ2v) is 11.1. The lowest BCUT2D eigenvalue weighted by Crippen LogP contribution is -2.52. The summed E-state index contributed by atoms with van der Waals surface area (Å²) < 4.78 is 11.9. The molecule has 0 radical (unpaired) electrons. The van der Waals surface area contributed by atoms with Gasteiger partial charge in [0.05, 0.1) is 0 Å². The molecule has 1 aromatic heterocycles. The highest BCUT2D eigenvalue weighted by atomic mass is 16.7. The second kappa shape index (κ2) is 13.8. The van der Waals surface area contributed by atoms with E-state index in [0.29, 0.717) is 18.9 Å². The van der Waals surface area contributed by atoms with Crippen LogP contribution in [0.1, 0.15) is 119 Å². The Morgan fingerprint density at radius 3 is 2.38 bits per heavy atom. The highest BCUT2D eigenvalue weighted by molar-refractivity contribution is 5.97. The first-order chi connectivity index (χ1) is 17.7. The van der Waals surface area contributed by atoms with Gasteiger partial charge in [-0.3, -0.25) is 14.4 Å². The van der Waals surface area contributed by atoms with Crippen molar-refractivity contribution in [3.8, 4) is 0 Å². The molecule has 206 valence electrons. The van der Waals surface area contributed by atoms with Gasteiger partial charge in [0.15, 0.2) is 0 Å². The summed E-state index contributed by atoms with van der Waals surface area (Å²) in [6.07, 6.45) is 13.7. The molecule has 8 heteroatoms. The summed E-state index contributed by atoms with van der Waals surface area (Å²) in [6, 6.07) is 1.74. The number of esters is 2. The van der Waals surface area contributed by atoms with Gasteiger partial charge < -0.3 is 19.4 Å². The Morgan fingerprint density at radius 1 is 1.00 bits per heavy atom. The number of pyridine rings is 1. The van der Waals surface area contributed by atoms with Crippen molar-refractivity contribution in [3.63, 3.8) is 0 Å². The summed E-state index contributed by atoms with van der Waals surface area (Å²) in [5.74, 6) is -1.31. The van der Waals surface area contributed by atoms with Gasteiger partial charge in [0.25, 0.3) is 11.5 Å². The zero-order chi connectivity index (χ0) is 26.8. The fourth-order valence-corrected chi connectivity index (χ4v) is 5.34. The summed E-state index contributed by atoms with van der Waals surface area (Å²) in [6.45, 7) is 5.14. The molecule has 0 saturated heterocycles. The number of amides is 1. The van der Waals surface area contributed by atoms with Gasteiger partial charge in [0.1, 0.15) is 11.1 Å². The smallest absolute Gasteiger partial charge is 0.334 e. The van der Waals surface area contributed by atoms with E-state index >= 15 is 0 Å². The molecule has 1 heterocycles. The Morgan fingerprint density at radius 2 is 1.68 bits per heavy atom. The van der Waals surface area contributed by atoms with Crippen molar-refractivity contribution in [1.82, 2.24) is 9.88 Å². The SMILES string of the molecule is CCCCC(=O)OCOC(=O)C(C)(C)NC(=O)c1cc2c(n(CC3CCCCC3)c1=O)CCCCCC2. The molecule has 1 aromatic rings. The van der Waals surface area contributed by atoms with Crippen LogP contribution in [0.2, 0.25) is 0 Å². The number of nitrogens with one attached hydrogen (secondary N) is 1. The molecule has 1 saturated carbocycles. The topological polar surface area (TPSA) is 104 Å². The molecule has 1 amide bonds. The van der Waals surface area contributed by atoms with E-state index in [1.165, 1.54) is 33.1 Å². The largest absolute Gasteiger partial charge is 0.428 e. The fourth-order valence-electron chi connectivity index (χ4n) is 5.34. The summed E-state index contributed by atoms with van der Waals surface area (Å²) in [4.78, 5) is 51.3. The van der Waals surface area contributed by atoms with E-state index in [1.807, 2.05) is 11.5 Å². The number of ether oxygens (including phenoxy) is 2. The standard InChI is InChI=1S/C29H44N2O6/c1-4-5-17-25(32)36-20-37-28(35)29(2,3)30-26(33)23-18-22-15-11-6-7-12-16-24(22)31(27(23)34)19-21-13-9-8-10-14-21/h18,21H,4-17,19-20H2,1-3H3,(H,30,33). The van der Waals surface area contributed by atoms with Crippen molar-refractivity contribution >= 4 is 17.8 Å². The molecule has 1 N–H and O–H groups in total. The minimum absolute atomic E-state index is 0.0713. The lowest BCUT2D eigenvalue weighted by molar-refractivity contribution is -0.171. The van der Waals surface area contributed by atoms with Crippen LogP contribution in [0.15, 0.2) is 10.9 Å². The second-order valence-electron chi connectivity index (χ2n) is 11.1. The van der Waals surface area contributed by atoms with Crippen LogP contribution in [0.4, 0.5) is 0 Å². The van der Waals surface area contributed by atoms with Gasteiger partial charge in [-0.15, -0.1) is 0 Å². The summed E-state index contributed by atoms with van der Waals surface area (Å²) in [5.41, 5.74) is 0.533. The van der Waals surface area contributed by atoms with Crippen molar-refractivity contribution in [2.75, 3.05) is 6.79 Å². The molecule has 2 aliphatic carbocycles. The molecule has 0 unspecified atom stereocenters. The third kappa shape index (κ3) is 8.17. The molecule has 2 aliphatic rings. The van der Waals surface area contributed by atoms with Crippen LogP contribution < -0.4 is 10.9 Å². The van der Waals surface area contributed by atoms with Crippen LogP contribution in [0.5, 0.6) is 0 Å². The van der Waals surface area contributed by atoms with Crippen molar-refractivity contribution in [2.24, 2.45) is 5.92 Å². The molecular formula is C29H44N2O6. The van der Waals surface area contributed by atoms with Gasteiger partial charge in [-0.1, -0.05) is 45.4 Å². The summed E-state index contributed by atoms with van der Waals surface area (Å²) >= 11 is 0. The van der Waals surface area contributed by atoms with Crippen LogP contribution >= 0.6 is 0 Å². The Hall–Kier alpha value is -2.64. The van der Waals surface area contributed by atoms with E-state index in [-0.39, 0.29) is 17.5 Å². The molecule has 0 atom stereocenters. The van der Waals surface area contributed by atoms with Gasteiger partial charge in [-0.25, -0.2) is 4.79 Å². The minimum atomic E-state index is -1.40. The van der Waals surface area contributed by atoms with E-state index in [2.05, 4.69) is 5.32 Å². The summed E-state index contributed by atoms with van der Waals surface area (Å²) in [5, 5.41) is 2.68. The molecule has 0 aromatic carbocycles. The Balaban J connectivity index is 1.77. The van der Waals surface area contributed by atoms with Crippen molar-refractivity contribution in [1.29, 1.82) is 0 Å². The van der Waals surface area contributed by atoms with Gasteiger partial charge in [-0.2, -0.15) is 0 Å². The maximum atomic E-state index is 13.7.